The molecule has 0 radical (unpaired) electrons. The van der Waals surface area contributed by atoms with E-state index in [1.54, 1.807) is 36.4 Å². The Balaban J connectivity index is 1.44. The molecule has 0 atom stereocenters. The Labute approximate surface area is 168 Å². The maximum Gasteiger partial charge on any atom is 0.276 e. The van der Waals surface area contributed by atoms with Gasteiger partial charge in [-0.3, -0.25) is 25.2 Å². The number of hydrogen-bond donors (Lipinski definition) is 3. The van der Waals surface area contributed by atoms with Crippen LogP contribution >= 0.6 is 0 Å². The van der Waals surface area contributed by atoms with Crippen molar-refractivity contribution in [2.45, 2.75) is 19.8 Å². The van der Waals surface area contributed by atoms with Crippen molar-refractivity contribution in [3.63, 3.8) is 0 Å². The van der Waals surface area contributed by atoms with Gasteiger partial charge in [0.15, 0.2) is 18.1 Å². The van der Waals surface area contributed by atoms with Gasteiger partial charge in [0.25, 0.3) is 11.8 Å². The van der Waals surface area contributed by atoms with Crippen LogP contribution in [-0.2, 0) is 9.59 Å². The highest BCUT2D eigenvalue weighted by atomic mass is 16.5. The van der Waals surface area contributed by atoms with E-state index in [4.69, 9.17) is 9.47 Å². The summed E-state index contributed by atoms with van der Waals surface area (Å²) in [5, 5.41) is 2.80. The summed E-state index contributed by atoms with van der Waals surface area (Å²) >= 11 is 0. The first-order valence-electron chi connectivity index (χ1n) is 9.24. The van der Waals surface area contributed by atoms with E-state index >= 15 is 0 Å². The predicted molar refractivity (Wildman–Crippen MR) is 107 cm³/mol. The Kier molecular flexibility index (Phi) is 6.33. The summed E-state index contributed by atoms with van der Waals surface area (Å²) in [6.07, 6.45) is 1.85. The van der Waals surface area contributed by atoms with Crippen molar-refractivity contribution in [2.75, 3.05) is 19.0 Å². The van der Waals surface area contributed by atoms with Gasteiger partial charge in [0.05, 0.1) is 7.11 Å². The quantitative estimate of drug-likeness (QED) is 0.621. The van der Waals surface area contributed by atoms with Crippen molar-refractivity contribution in [3.8, 4) is 11.5 Å². The molecular formula is C21H23N3O5. The number of methoxy groups -OCH3 is 1. The lowest BCUT2D eigenvalue weighted by molar-refractivity contribution is -0.123. The minimum Gasteiger partial charge on any atom is -0.493 e. The topological polar surface area (TPSA) is 106 Å². The van der Waals surface area contributed by atoms with E-state index < -0.39 is 11.8 Å². The van der Waals surface area contributed by atoms with E-state index in [1.165, 1.54) is 7.11 Å². The lowest BCUT2D eigenvalue weighted by Gasteiger charge is -2.12. The van der Waals surface area contributed by atoms with Crippen LogP contribution in [0, 0.1) is 12.8 Å². The summed E-state index contributed by atoms with van der Waals surface area (Å²) in [7, 11) is 1.52. The summed E-state index contributed by atoms with van der Waals surface area (Å²) in [6, 6.07) is 11.8. The molecule has 0 aliphatic heterocycles. The number of carbonyl (C=O) groups is 3. The fourth-order valence-corrected chi connectivity index (χ4v) is 2.57. The molecule has 1 aliphatic rings. The third-order valence-corrected chi connectivity index (χ3v) is 4.36. The molecule has 0 saturated heterocycles. The molecular weight excluding hydrogens is 374 g/mol. The first-order valence-corrected chi connectivity index (χ1v) is 9.24. The van der Waals surface area contributed by atoms with Crippen molar-refractivity contribution in [1.82, 2.24) is 10.9 Å². The third kappa shape index (κ3) is 5.71. The van der Waals surface area contributed by atoms with Gasteiger partial charge in [-0.15, -0.1) is 0 Å². The maximum absolute atomic E-state index is 12.1. The van der Waals surface area contributed by atoms with Crippen LogP contribution < -0.4 is 25.6 Å². The summed E-state index contributed by atoms with van der Waals surface area (Å²) in [5.74, 6) is 0.0645. The zero-order valence-electron chi connectivity index (χ0n) is 16.3. The molecule has 1 saturated carbocycles. The maximum atomic E-state index is 12.1. The molecule has 1 aliphatic carbocycles. The number of aryl methyl sites for hydroxylation is 1. The number of ether oxygens (including phenoxy) is 2. The van der Waals surface area contributed by atoms with Gasteiger partial charge in [-0.2, -0.15) is 0 Å². The van der Waals surface area contributed by atoms with Crippen molar-refractivity contribution >= 4 is 23.4 Å². The van der Waals surface area contributed by atoms with Crippen LogP contribution in [0.5, 0.6) is 11.5 Å². The summed E-state index contributed by atoms with van der Waals surface area (Å²) in [4.78, 5) is 35.8. The average Bonchev–Trinajstić information content (AvgIpc) is 3.57. The standard InChI is InChI=1S/C21H23N3O5/c1-13-3-10-17(18(11-13)28-2)29-12-19(25)23-24-21(27)15-6-8-16(9-7-15)22-20(26)14-4-5-14/h3,6-11,14H,4-5,12H2,1-2H3,(H,22,26)(H,23,25)(H,24,27). The van der Waals surface area contributed by atoms with Crippen LogP contribution in [0.1, 0.15) is 28.8 Å². The van der Waals surface area contributed by atoms with Gasteiger partial charge in [-0.1, -0.05) is 6.07 Å². The van der Waals surface area contributed by atoms with Crippen LogP contribution in [-0.4, -0.2) is 31.4 Å². The average molecular weight is 397 g/mol. The zero-order chi connectivity index (χ0) is 20.8. The van der Waals surface area contributed by atoms with E-state index in [9.17, 15) is 14.4 Å². The molecule has 8 nitrogen and oxygen atoms in total. The normalized spacial score (nSPS) is 12.6. The molecule has 0 aromatic heterocycles. The molecule has 0 spiro atoms. The van der Waals surface area contributed by atoms with Crippen LogP contribution in [0.3, 0.4) is 0 Å². The van der Waals surface area contributed by atoms with E-state index in [-0.39, 0.29) is 18.4 Å². The minimum atomic E-state index is -0.519. The van der Waals surface area contributed by atoms with Gasteiger partial charge in [0.2, 0.25) is 5.91 Å². The molecule has 29 heavy (non-hydrogen) atoms. The molecule has 8 heteroatoms. The van der Waals surface area contributed by atoms with Crippen molar-refractivity contribution in [2.24, 2.45) is 5.92 Å². The molecule has 3 amide bonds. The molecule has 3 rings (SSSR count). The van der Waals surface area contributed by atoms with Crippen LogP contribution in [0.15, 0.2) is 42.5 Å². The van der Waals surface area contributed by atoms with Gasteiger partial charge in [-0.05, 0) is 61.7 Å². The van der Waals surface area contributed by atoms with E-state index in [0.717, 1.165) is 18.4 Å². The largest absolute Gasteiger partial charge is 0.493 e. The number of nitrogens with one attached hydrogen (secondary N) is 3. The highest BCUT2D eigenvalue weighted by molar-refractivity contribution is 5.97. The second kappa shape index (κ2) is 9.09. The van der Waals surface area contributed by atoms with E-state index in [0.29, 0.717) is 22.7 Å². The number of anilines is 1. The monoisotopic (exact) mass is 397 g/mol. The lowest BCUT2D eigenvalue weighted by atomic mass is 10.2. The molecule has 0 heterocycles. The third-order valence-electron chi connectivity index (χ3n) is 4.36. The fraction of sp³-hybridized carbons (Fsp3) is 0.286. The minimum absolute atomic E-state index is 0.000304. The van der Waals surface area contributed by atoms with Crippen molar-refractivity contribution < 1.29 is 23.9 Å². The molecule has 0 unspecified atom stereocenters. The summed E-state index contributed by atoms with van der Waals surface area (Å²) in [5.41, 5.74) is 6.59. The first-order chi connectivity index (χ1) is 14.0. The van der Waals surface area contributed by atoms with Crippen LogP contribution in [0.25, 0.3) is 0 Å². The molecule has 3 N–H and O–H groups in total. The van der Waals surface area contributed by atoms with Gasteiger partial charge in [-0.25, -0.2) is 0 Å². The van der Waals surface area contributed by atoms with Gasteiger partial charge < -0.3 is 14.8 Å². The van der Waals surface area contributed by atoms with E-state index in [2.05, 4.69) is 16.2 Å². The Bertz CT molecular complexity index is 907. The van der Waals surface area contributed by atoms with Gasteiger partial charge >= 0.3 is 0 Å². The number of rotatable bonds is 7. The molecule has 152 valence electrons. The highest BCUT2D eigenvalue weighted by Gasteiger charge is 2.29. The number of hydrazine groups is 1. The summed E-state index contributed by atoms with van der Waals surface area (Å²) in [6.45, 7) is 1.63. The first kappa shape index (κ1) is 20.2. The predicted octanol–water partition coefficient (Wildman–Crippen LogP) is 2.19. The number of benzene rings is 2. The number of hydrogen-bond acceptors (Lipinski definition) is 5. The lowest BCUT2D eigenvalue weighted by Crippen LogP contribution is -2.43. The van der Waals surface area contributed by atoms with E-state index in [1.807, 2.05) is 13.0 Å². The Morgan fingerprint density at radius 1 is 1.00 bits per heavy atom. The second-order valence-electron chi connectivity index (χ2n) is 6.79. The molecule has 0 bridgehead atoms. The van der Waals surface area contributed by atoms with Crippen LogP contribution in [0.2, 0.25) is 0 Å². The number of amides is 3. The Hall–Kier alpha value is -3.55. The molecule has 1 fully saturated rings. The SMILES string of the molecule is COc1cc(C)ccc1OCC(=O)NNC(=O)c1ccc(NC(=O)C2CC2)cc1. The number of carbonyl (C=O) groups excluding carboxylic acids is 3. The van der Waals surface area contributed by atoms with Crippen LogP contribution in [0.4, 0.5) is 5.69 Å². The fourth-order valence-electron chi connectivity index (χ4n) is 2.57. The Morgan fingerprint density at radius 2 is 1.72 bits per heavy atom. The zero-order valence-corrected chi connectivity index (χ0v) is 16.3. The Morgan fingerprint density at radius 3 is 2.38 bits per heavy atom. The molecule has 2 aromatic rings. The molecule has 2 aromatic carbocycles. The van der Waals surface area contributed by atoms with Gasteiger partial charge in [0, 0.05) is 17.2 Å². The van der Waals surface area contributed by atoms with Crippen molar-refractivity contribution in [3.05, 3.63) is 53.6 Å². The second-order valence-corrected chi connectivity index (χ2v) is 6.79. The van der Waals surface area contributed by atoms with Crippen molar-refractivity contribution in [1.29, 1.82) is 0 Å². The van der Waals surface area contributed by atoms with Gasteiger partial charge in [0.1, 0.15) is 0 Å². The smallest absolute Gasteiger partial charge is 0.276 e. The highest BCUT2D eigenvalue weighted by Crippen LogP contribution is 2.30. The summed E-state index contributed by atoms with van der Waals surface area (Å²) < 4.78 is 10.6.